The summed E-state index contributed by atoms with van der Waals surface area (Å²) in [6.07, 6.45) is 1.20. The normalized spacial score (nSPS) is 10.0. The van der Waals surface area contributed by atoms with Gasteiger partial charge in [0.05, 0.1) is 11.6 Å². The predicted molar refractivity (Wildman–Crippen MR) is 87.0 cm³/mol. The molecule has 112 valence electrons. The topological polar surface area (TPSA) is 44.1 Å². The number of carbonyl (C=O) groups excluding carboxylic acids is 1. The van der Waals surface area contributed by atoms with Gasteiger partial charge in [0.15, 0.2) is 0 Å². The zero-order valence-electron chi connectivity index (χ0n) is 12.8. The fraction of sp³-hybridized carbons (Fsp3) is 0.263. The van der Waals surface area contributed by atoms with Gasteiger partial charge in [-0.25, -0.2) is 0 Å². The minimum Gasteiger partial charge on any atom is -0.339 e. The molecule has 0 N–H and O–H groups in total. The maximum Gasteiger partial charge on any atom is 0.223 e. The molecule has 22 heavy (non-hydrogen) atoms. The van der Waals surface area contributed by atoms with Crippen molar-refractivity contribution in [2.75, 3.05) is 6.54 Å². The molecule has 0 aromatic heterocycles. The zero-order chi connectivity index (χ0) is 15.8. The molecule has 0 fully saturated rings. The van der Waals surface area contributed by atoms with E-state index in [1.54, 1.807) is 12.1 Å². The van der Waals surface area contributed by atoms with E-state index in [0.717, 1.165) is 11.1 Å². The van der Waals surface area contributed by atoms with E-state index in [1.165, 1.54) is 0 Å². The van der Waals surface area contributed by atoms with Gasteiger partial charge in [-0.05, 0) is 36.6 Å². The largest absolute Gasteiger partial charge is 0.339 e. The van der Waals surface area contributed by atoms with Crippen LogP contribution in [-0.2, 0) is 17.8 Å². The minimum absolute atomic E-state index is 0.163. The molecule has 0 bridgehead atoms. The van der Waals surface area contributed by atoms with E-state index >= 15 is 0 Å². The van der Waals surface area contributed by atoms with E-state index in [-0.39, 0.29) is 5.91 Å². The molecule has 0 atom stereocenters. The lowest BCUT2D eigenvalue weighted by Gasteiger charge is -2.21. The van der Waals surface area contributed by atoms with Crippen molar-refractivity contribution in [3.63, 3.8) is 0 Å². The molecule has 0 saturated carbocycles. The molecule has 2 rings (SSSR count). The van der Waals surface area contributed by atoms with Crippen LogP contribution in [-0.4, -0.2) is 17.4 Å². The molecule has 2 aromatic rings. The SMILES string of the molecule is CCN(Cc1ccccc1)C(=O)CCc1ccc(C#N)cc1. The van der Waals surface area contributed by atoms with Crippen molar-refractivity contribution in [2.45, 2.75) is 26.3 Å². The Morgan fingerprint density at radius 1 is 1.05 bits per heavy atom. The van der Waals surface area contributed by atoms with Gasteiger partial charge >= 0.3 is 0 Å². The first-order chi connectivity index (χ1) is 10.7. The van der Waals surface area contributed by atoms with Crippen LogP contribution in [0.4, 0.5) is 0 Å². The zero-order valence-corrected chi connectivity index (χ0v) is 12.8. The molecule has 0 saturated heterocycles. The number of benzene rings is 2. The summed E-state index contributed by atoms with van der Waals surface area (Å²) in [5, 5.41) is 8.78. The number of nitriles is 1. The fourth-order valence-electron chi connectivity index (χ4n) is 2.34. The van der Waals surface area contributed by atoms with Gasteiger partial charge in [-0.1, -0.05) is 42.5 Å². The van der Waals surface area contributed by atoms with Crippen LogP contribution < -0.4 is 0 Å². The average molecular weight is 292 g/mol. The van der Waals surface area contributed by atoms with Crippen LogP contribution in [0.1, 0.15) is 30.0 Å². The first-order valence-electron chi connectivity index (χ1n) is 7.53. The van der Waals surface area contributed by atoms with E-state index in [1.807, 2.05) is 54.3 Å². The van der Waals surface area contributed by atoms with Crippen LogP contribution in [0.2, 0.25) is 0 Å². The van der Waals surface area contributed by atoms with Gasteiger partial charge in [0, 0.05) is 19.5 Å². The number of hydrogen-bond donors (Lipinski definition) is 0. The van der Waals surface area contributed by atoms with Crippen LogP contribution in [0.15, 0.2) is 54.6 Å². The summed E-state index contributed by atoms with van der Waals surface area (Å²) in [5.41, 5.74) is 2.88. The van der Waals surface area contributed by atoms with Crippen LogP contribution in [0.25, 0.3) is 0 Å². The highest BCUT2D eigenvalue weighted by Gasteiger charge is 2.12. The van der Waals surface area contributed by atoms with Crippen molar-refractivity contribution < 1.29 is 4.79 Å². The van der Waals surface area contributed by atoms with E-state index in [4.69, 9.17) is 5.26 Å². The summed E-state index contributed by atoms with van der Waals surface area (Å²) in [5.74, 6) is 0.163. The molecule has 0 aliphatic rings. The Bertz CT molecular complexity index is 641. The Morgan fingerprint density at radius 2 is 1.73 bits per heavy atom. The van der Waals surface area contributed by atoms with Crippen molar-refractivity contribution in [1.29, 1.82) is 5.26 Å². The Kier molecular flexibility index (Phi) is 5.73. The van der Waals surface area contributed by atoms with Gasteiger partial charge in [0.25, 0.3) is 0 Å². The van der Waals surface area contributed by atoms with E-state index in [9.17, 15) is 4.79 Å². The summed E-state index contributed by atoms with van der Waals surface area (Å²) in [7, 11) is 0. The summed E-state index contributed by atoms with van der Waals surface area (Å²) in [6, 6.07) is 19.6. The maximum atomic E-state index is 12.3. The standard InChI is InChI=1S/C19H20N2O/c1-2-21(15-18-6-4-3-5-7-18)19(22)13-12-16-8-10-17(14-20)11-9-16/h3-11H,2,12-13,15H2,1H3. The van der Waals surface area contributed by atoms with Crippen LogP contribution >= 0.6 is 0 Å². The molecule has 0 radical (unpaired) electrons. The Morgan fingerprint density at radius 3 is 2.32 bits per heavy atom. The third-order valence-electron chi connectivity index (χ3n) is 3.66. The molecule has 0 spiro atoms. The molecule has 3 nitrogen and oxygen atoms in total. The summed E-state index contributed by atoms with van der Waals surface area (Å²) in [4.78, 5) is 14.2. The summed E-state index contributed by atoms with van der Waals surface area (Å²) < 4.78 is 0. The number of hydrogen-bond acceptors (Lipinski definition) is 2. The first kappa shape index (κ1) is 15.8. The average Bonchev–Trinajstić information content (AvgIpc) is 2.59. The Balaban J connectivity index is 1.90. The highest BCUT2D eigenvalue weighted by atomic mass is 16.2. The van der Waals surface area contributed by atoms with Gasteiger partial charge in [0.2, 0.25) is 5.91 Å². The lowest BCUT2D eigenvalue weighted by molar-refractivity contribution is -0.131. The maximum absolute atomic E-state index is 12.3. The smallest absolute Gasteiger partial charge is 0.223 e. The highest BCUT2D eigenvalue weighted by Crippen LogP contribution is 2.10. The number of aryl methyl sites for hydroxylation is 1. The summed E-state index contributed by atoms with van der Waals surface area (Å²) >= 11 is 0. The van der Waals surface area contributed by atoms with Crippen molar-refractivity contribution in [3.05, 3.63) is 71.3 Å². The van der Waals surface area contributed by atoms with Gasteiger partial charge in [-0.2, -0.15) is 5.26 Å². The quantitative estimate of drug-likeness (QED) is 0.817. The highest BCUT2D eigenvalue weighted by molar-refractivity contribution is 5.76. The van der Waals surface area contributed by atoms with Crippen molar-refractivity contribution in [2.24, 2.45) is 0 Å². The minimum atomic E-state index is 0.163. The van der Waals surface area contributed by atoms with Crippen molar-refractivity contribution in [1.82, 2.24) is 4.90 Å². The Hall–Kier alpha value is -2.60. The fourth-order valence-corrected chi connectivity index (χ4v) is 2.34. The van der Waals surface area contributed by atoms with Crippen LogP contribution in [0, 0.1) is 11.3 Å². The van der Waals surface area contributed by atoms with Crippen LogP contribution in [0.5, 0.6) is 0 Å². The third-order valence-corrected chi connectivity index (χ3v) is 3.66. The van der Waals surface area contributed by atoms with Crippen LogP contribution in [0.3, 0.4) is 0 Å². The van der Waals surface area contributed by atoms with Gasteiger partial charge in [0.1, 0.15) is 0 Å². The second-order valence-corrected chi connectivity index (χ2v) is 5.20. The molecule has 0 aliphatic carbocycles. The molecular weight excluding hydrogens is 272 g/mol. The second-order valence-electron chi connectivity index (χ2n) is 5.20. The molecule has 0 unspecified atom stereocenters. The van der Waals surface area contributed by atoms with Gasteiger partial charge in [-0.3, -0.25) is 4.79 Å². The predicted octanol–water partition coefficient (Wildman–Crippen LogP) is 3.54. The summed E-state index contributed by atoms with van der Waals surface area (Å²) in [6.45, 7) is 3.37. The van der Waals surface area contributed by atoms with E-state index in [2.05, 4.69) is 6.07 Å². The monoisotopic (exact) mass is 292 g/mol. The molecule has 1 amide bonds. The molecule has 2 aromatic carbocycles. The van der Waals surface area contributed by atoms with Crippen molar-refractivity contribution >= 4 is 5.91 Å². The lowest BCUT2D eigenvalue weighted by atomic mass is 10.1. The number of carbonyl (C=O) groups is 1. The van der Waals surface area contributed by atoms with Crippen molar-refractivity contribution in [3.8, 4) is 6.07 Å². The molecule has 0 heterocycles. The van der Waals surface area contributed by atoms with E-state index < -0.39 is 0 Å². The van der Waals surface area contributed by atoms with Gasteiger partial charge < -0.3 is 4.90 Å². The number of rotatable bonds is 6. The second kappa shape index (κ2) is 7.99. The number of amides is 1. The lowest BCUT2D eigenvalue weighted by Crippen LogP contribution is -2.30. The molecule has 3 heteroatoms. The third kappa shape index (κ3) is 4.46. The van der Waals surface area contributed by atoms with E-state index in [0.29, 0.717) is 31.5 Å². The Labute approximate surface area is 131 Å². The first-order valence-corrected chi connectivity index (χ1v) is 7.53. The van der Waals surface area contributed by atoms with Gasteiger partial charge in [-0.15, -0.1) is 0 Å². The number of nitrogens with zero attached hydrogens (tertiary/aromatic N) is 2. The molecular formula is C19H20N2O. The molecule has 0 aliphatic heterocycles.